The highest BCUT2D eigenvalue weighted by molar-refractivity contribution is 5.35. The number of benzene rings is 1. The second-order valence-corrected chi connectivity index (χ2v) is 5.24. The number of rotatable bonds is 6. The predicted octanol–water partition coefficient (Wildman–Crippen LogP) is 3.50. The molecule has 1 aromatic carbocycles. The quantitative estimate of drug-likeness (QED) is 0.790. The summed E-state index contributed by atoms with van der Waals surface area (Å²) in [6.07, 6.45) is 9.04. The third-order valence-corrected chi connectivity index (χ3v) is 4.08. The van der Waals surface area contributed by atoms with Gasteiger partial charge in [-0.2, -0.15) is 0 Å². The molecule has 0 bridgehead atoms. The number of aryl methyl sites for hydroxylation is 3. The Labute approximate surface area is 106 Å². The van der Waals surface area contributed by atoms with Crippen LogP contribution in [0.25, 0.3) is 0 Å². The van der Waals surface area contributed by atoms with Crippen molar-refractivity contribution in [2.75, 3.05) is 7.05 Å². The van der Waals surface area contributed by atoms with Crippen molar-refractivity contribution < 1.29 is 0 Å². The van der Waals surface area contributed by atoms with E-state index in [1.807, 2.05) is 0 Å². The van der Waals surface area contributed by atoms with Crippen molar-refractivity contribution in [3.63, 3.8) is 0 Å². The Morgan fingerprint density at radius 1 is 1.24 bits per heavy atom. The van der Waals surface area contributed by atoms with Gasteiger partial charge in [-0.3, -0.25) is 0 Å². The Bertz CT molecular complexity index is 353. The van der Waals surface area contributed by atoms with Crippen molar-refractivity contribution in [1.82, 2.24) is 5.32 Å². The molecule has 1 unspecified atom stereocenters. The van der Waals surface area contributed by atoms with Gasteiger partial charge in [0, 0.05) is 6.04 Å². The van der Waals surface area contributed by atoms with Gasteiger partial charge in [0.1, 0.15) is 0 Å². The zero-order valence-corrected chi connectivity index (χ0v) is 11.3. The van der Waals surface area contributed by atoms with Gasteiger partial charge in [-0.1, -0.05) is 25.1 Å². The van der Waals surface area contributed by atoms with Gasteiger partial charge in [0.2, 0.25) is 0 Å². The lowest BCUT2D eigenvalue weighted by Gasteiger charge is -2.13. The molecule has 0 saturated carbocycles. The van der Waals surface area contributed by atoms with Gasteiger partial charge in [0.15, 0.2) is 0 Å². The summed E-state index contributed by atoms with van der Waals surface area (Å²) < 4.78 is 0. The van der Waals surface area contributed by atoms with E-state index in [0.717, 1.165) is 0 Å². The van der Waals surface area contributed by atoms with E-state index < -0.39 is 0 Å². The molecule has 0 aromatic heterocycles. The van der Waals surface area contributed by atoms with E-state index in [4.69, 9.17) is 0 Å². The number of fused-ring (bicyclic) bond motifs is 1. The Morgan fingerprint density at radius 3 is 2.82 bits per heavy atom. The van der Waals surface area contributed by atoms with Gasteiger partial charge in [-0.15, -0.1) is 0 Å². The average molecular weight is 231 g/mol. The van der Waals surface area contributed by atoms with E-state index in [2.05, 4.69) is 37.5 Å². The number of nitrogens with one attached hydrogen (secondary N) is 1. The lowest BCUT2D eigenvalue weighted by molar-refractivity contribution is 0.492. The first-order valence-electron chi connectivity index (χ1n) is 7.11. The minimum absolute atomic E-state index is 0.699. The maximum atomic E-state index is 3.38. The van der Waals surface area contributed by atoms with E-state index in [-0.39, 0.29) is 0 Å². The van der Waals surface area contributed by atoms with Gasteiger partial charge in [-0.05, 0) is 68.7 Å². The first-order chi connectivity index (χ1) is 8.33. The molecule has 1 aliphatic carbocycles. The van der Waals surface area contributed by atoms with Crippen molar-refractivity contribution in [3.8, 4) is 0 Å². The summed E-state index contributed by atoms with van der Waals surface area (Å²) in [5, 5.41) is 3.38. The van der Waals surface area contributed by atoms with Gasteiger partial charge in [0.05, 0.1) is 0 Å². The maximum absolute atomic E-state index is 3.38. The SMILES string of the molecule is CCC(CCCc1ccc2c(c1)CCC2)NC. The Morgan fingerprint density at radius 2 is 2.06 bits per heavy atom. The molecule has 1 heteroatoms. The van der Waals surface area contributed by atoms with Crippen molar-refractivity contribution in [3.05, 3.63) is 34.9 Å². The summed E-state index contributed by atoms with van der Waals surface area (Å²) in [4.78, 5) is 0. The Balaban J connectivity index is 1.83. The van der Waals surface area contributed by atoms with Crippen molar-refractivity contribution >= 4 is 0 Å². The van der Waals surface area contributed by atoms with Gasteiger partial charge in [0.25, 0.3) is 0 Å². The van der Waals surface area contributed by atoms with Crippen molar-refractivity contribution in [1.29, 1.82) is 0 Å². The minimum Gasteiger partial charge on any atom is -0.317 e. The van der Waals surface area contributed by atoms with Gasteiger partial charge >= 0.3 is 0 Å². The highest BCUT2D eigenvalue weighted by Crippen LogP contribution is 2.23. The van der Waals surface area contributed by atoms with Crippen molar-refractivity contribution in [2.24, 2.45) is 0 Å². The summed E-state index contributed by atoms with van der Waals surface area (Å²) in [5.41, 5.74) is 4.75. The molecule has 17 heavy (non-hydrogen) atoms. The second kappa shape index (κ2) is 6.20. The first-order valence-corrected chi connectivity index (χ1v) is 7.11. The van der Waals surface area contributed by atoms with Crippen LogP contribution in [0.15, 0.2) is 18.2 Å². The molecule has 0 radical (unpaired) electrons. The molecule has 0 spiro atoms. The monoisotopic (exact) mass is 231 g/mol. The van der Waals surface area contributed by atoms with E-state index in [1.54, 1.807) is 11.1 Å². The zero-order valence-electron chi connectivity index (χ0n) is 11.3. The first kappa shape index (κ1) is 12.6. The fraction of sp³-hybridized carbons (Fsp3) is 0.625. The van der Waals surface area contributed by atoms with E-state index >= 15 is 0 Å². The minimum atomic E-state index is 0.699. The smallest absolute Gasteiger partial charge is 0.00615 e. The average Bonchev–Trinajstić information content (AvgIpc) is 2.82. The van der Waals surface area contributed by atoms with Crippen LogP contribution in [0.2, 0.25) is 0 Å². The molecule has 0 fully saturated rings. The largest absolute Gasteiger partial charge is 0.317 e. The summed E-state index contributed by atoms with van der Waals surface area (Å²) >= 11 is 0. The molecule has 0 aliphatic heterocycles. The fourth-order valence-electron chi connectivity index (χ4n) is 2.89. The second-order valence-electron chi connectivity index (χ2n) is 5.24. The molecule has 1 aromatic rings. The maximum Gasteiger partial charge on any atom is 0.00615 e. The summed E-state index contributed by atoms with van der Waals surface area (Å²) in [7, 11) is 2.07. The molecule has 1 N–H and O–H groups in total. The summed E-state index contributed by atoms with van der Waals surface area (Å²) in [6, 6.07) is 7.84. The lowest BCUT2D eigenvalue weighted by atomic mass is 10.00. The van der Waals surface area contributed by atoms with Crippen LogP contribution >= 0.6 is 0 Å². The molecule has 0 amide bonds. The van der Waals surface area contributed by atoms with Crippen LogP contribution in [0.3, 0.4) is 0 Å². The molecule has 1 aliphatic rings. The zero-order chi connectivity index (χ0) is 12.1. The van der Waals surface area contributed by atoms with Gasteiger partial charge < -0.3 is 5.32 Å². The topological polar surface area (TPSA) is 12.0 Å². The molecule has 0 heterocycles. The standard InChI is InChI=1S/C16H25N/c1-3-16(17-2)9-4-6-13-10-11-14-7-5-8-15(14)12-13/h10-12,16-17H,3-9H2,1-2H3. The van der Waals surface area contributed by atoms with E-state index in [1.165, 1.54) is 50.5 Å². The van der Waals surface area contributed by atoms with Gasteiger partial charge in [-0.25, -0.2) is 0 Å². The van der Waals surface area contributed by atoms with Crippen LogP contribution < -0.4 is 5.32 Å². The molecule has 0 saturated heterocycles. The van der Waals surface area contributed by atoms with E-state index in [0.29, 0.717) is 6.04 Å². The van der Waals surface area contributed by atoms with Crippen LogP contribution in [0.4, 0.5) is 0 Å². The third kappa shape index (κ3) is 3.32. The predicted molar refractivity (Wildman–Crippen MR) is 74.5 cm³/mol. The van der Waals surface area contributed by atoms with Crippen LogP contribution in [0.1, 0.15) is 49.3 Å². The van der Waals surface area contributed by atoms with Crippen LogP contribution in [0, 0.1) is 0 Å². The van der Waals surface area contributed by atoms with Crippen LogP contribution in [0.5, 0.6) is 0 Å². The molecular weight excluding hydrogens is 206 g/mol. The van der Waals surface area contributed by atoms with Crippen LogP contribution in [-0.4, -0.2) is 13.1 Å². The van der Waals surface area contributed by atoms with Crippen molar-refractivity contribution in [2.45, 2.75) is 57.9 Å². The normalized spacial score (nSPS) is 15.9. The highest BCUT2D eigenvalue weighted by atomic mass is 14.9. The highest BCUT2D eigenvalue weighted by Gasteiger charge is 2.10. The van der Waals surface area contributed by atoms with E-state index in [9.17, 15) is 0 Å². The Kier molecular flexibility index (Phi) is 4.61. The Hall–Kier alpha value is -0.820. The van der Waals surface area contributed by atoms with Crippen LogP contribution in [-0.2, 0) is 19.3 Å². The fourth-order valence-corrected chi connectivity index (χ4v) is 2.89. The lowest BCUT2D eigenvalue weighted by Crippen LogP contribution is -2.23. The summed E-state index contributed by atoms with van der Waals surface area (Å²) in [6.45, 7) is 2.26. The number of hydrogen-bond acceptors (Lipinski definition) is 1. The molecule has 94 valence electrons. The molecule has 1 nitrogen and oxygen atoms in total. The molecule has 2 rings (SSSR count). The molecule has 1 atom stereocenters. The summed E-state index contributed by atoms with van der Waals surface area (Å²) in [5.74, 6) is 0. The number of hydrogen-bond donors (Lipinski definition) is 1. The third-order valence-electron chi connectivity index (χ3n) is 4.08. The molecular formula is C16H25N.